The topological polar surface area (TPSA) is 80.7 Å². The van der Waals surface area contributed by atoms with E-state index in [0.717, 1.165) is 54.3 Å². The van der Waals surface area contributed by atoms with E-state index >= 15 is 0 Å². The van der Waals surface area contributed by atoms with Gasteiger partial charge in [0.05, 0.1) is 9.92 Å². The van der Waals surface area contributed by atoms with Crippen LogP contribution in [0.4, 0.5) is 16.0 Å². The molecule has 0 unspecified atom stereocenters. The van der Waals surface area contributed by atoms with Gasteiger partial charge in [0.1, 0.15) is 16.6 Å². The van der Waals surface area contributed by atoms with Crippen molar-refractivity contribution in [2.45, 2.75) is 44.0 Å². The first-order valence-corrected chi connectivity index (χ1v) is 11.0. The van der Waals surface area contributed by atoms with E-state index in [0.29, 0.717) is 21.9 Å². The fourth-order valence-electron chi connectivity index (χ4n) is 4.63. The Balaban J connectivity index is 1.22. The van der Waals surface area contributed by atoms with Crippen LogP contribution in [0, 0.1) is 16.6 Å². The van der Waals surface area contributed by atoms with Gasteiger partial charge in [0.2, 0.25) is 0 Å². The lowest BCUT2D eigenvalue weighted by molar-refractivity contribution is 0.0736. The van der Waals surface area contributed by atoms with Crippen molar-refractivity contribution < 1.29 is 4.39 Å². The zero-order valence-electron chi connectivity index (χ0n) is 16.3. The van der Waals surface area contributed by atoms with E-state index in [2.05, 4.69) is 34.3 Å². The molecule has 3 aliphatic rings. The second kappa shape index (κ2) is 6.74. The molecule has 0 bridgehead atoms. The van der Waals surface area contributed by atoms with Crippen LogP contribution in [-0.4, -0.2) is 39.4 Å². The Morgan fingerprint density at radius 1 is 1.48 bits per heavy atom. The standard InChI is InChI=1S/C20H22ClFN6S/c1-3-10(2)14-15-16(29-17(14)23)18(27-26-15)25-12-5-20(6-12)8-28(9-20)19-13(22)4-11(21)7-24-19/h4,7,12,23H,3,5-6,8-9H2,1-2H3,(H2,25,26,27)/b14-10-,23-17?. The number of aromatic nitrogens is 3. The van der Waals surface area contributed by atoms with Crippen LogP contribution in [0.2, 0.25) is 5.02 Å². The summed E-state index contributed by atoms with van der Waals surface area (Å²) in [4.78, 5) is 7.15. The third-order valence-electron chi connectivity index (χ3n) is 6.19. The number of hydrogen-bond donors (Lipinski definition) is 3. The summed E-state index contributed by atoms with van der Waals surface area (Å²) in [5.74, 6) is 0.943. The van der Waals surface area contributed by atoms with Gasteiger partial charge in [-0.1, -0.05) is 35.9 Å². The summed E-state index contributed by atoms with van der Waals surface area (Å²) >= 11 is 7.27. The van der Waals surface area contributed by atoms with E-state index in [9.17, 15) is 4.39 Å². The zero-order chi connectivity index (χ0) is 20.3. The average molecular weight is 433 g/mol. The van der Waals surface area contributed by atoms with Crippen LogP contribution in [-0.2, 0) is 0 Å². The number of nitrogens with zero attached hydrogens (tertiary/aromatic N) is 3. The number of nitrogens with one attached hydrogen (secondary N) is 3. The Kier molecular flexibility index (Phi) is 4.40. The number of rotatable bonds is 4. The number of pyridine rings is 1. The molecule has 2 aromatic rings. The fourth-order valence-corrected chi connectivity index (χ4v) is 5.81. The molecular formula is C20H22ClFN6S. The third-order valence-corrected chi connectivity index (χ3v) is 7.41. The molecule has 1 aliphatic carbocycles. The van der Waals surface area contributed by atoms with Gasteiger partial charge in [-0.25, -0.2) is 9.37 Å². The monoisotopic (exact) mass is 432 g/mol. The van der Waals surface area contributed by atoms with Crippen LogP contribution in [0.3, 0.4) is 0 Å². The first kappa shape index (κ1) is 18.9. The second-order valence-electron chi connectivity index (χ2n) is 8.28. The predicted octanol–water partition coefficient (Wildman–Crippen LogP) is 4.94. The van der Waals surface area contributed by atoms with Gasteiger partial charge in [-0.05, 0) is 32.3 Å². The van der Waals surface area contributed by atoms with Crippen molar-refractivity contribution in [3.05, 3.63) is 34.4 Å². The van der Waals surface area contributed by atoms with Crippen LogP contribution in [0.15, 0.2) is 22.7 Å². The van der Waals surface area contributed by atoms with Crippen molar-refractivity contribution in [3.63, 3.8) is 0 Å². The second-order valence-corrected chi connectivity index (χ2v) is 9.74. The number of halogens is 2. The van der Waals surface area contributed by atoms with Crippen molar-refractivity contribution >= 4 is 45.6 Å². The number of anilines is 2. The van der Waals surface area contributed by atoms with Crippen LogP contribution in [0.1, 0.15) is 38.8 Å². The Bertz CT molecular complexity index is 1030. The van der Waals surface area contributed by atoms with Gasteiger partial charge < -0.3 is 10.2 Å². The zero-order valence-corrected chi connectivity index (χ0v) is 17.8. The van der Waals surface area contributed by atoms with Gasteiger partial charge in [-0.2, -0.15) is 5.10 Å². The highest BCUT2D eigenvalue weighted by molar-refractivity contribution is 8.15. The first-order valence-electron chi connectivity index (χ1n) is 9.77. The highest BCUT2D eigenvalue weighted by Crippen LogP contribution is 2.52. The molecule has 2 fully saturated rings. The molecule has 29 heavy (non-hydrogen) atoms. The van der Waals surface area contributed by atoms with Crippen LogP contribution < -0.4 is 10.2 Å². The van der Waals surface area contributed by atoms with Crippen molar-refractivity contribution in [3.8, 4) is 0 Å². The molecule has 0 amide bonds. The summed E-state index contributed by atoms with van der Waals surface area (Å²) in [5.41, 5.74) is 3.29. The maximum absolute atomic E-state index is 14.1. The summed E-state index contributed by atoms with van der Waals surface area (Å²) < 4.78 is 14.1. The lowest BCUT2D eigenvalue weighted by atomic mass is 9.60. The number of hydrogen-bond acceptors (Lipinski definition) is 6. The highest BCUT2D eigenvalue weighted by atomic mass is 35.5. The number of thioether (sulfide) groups is 1. The minimum Gasteiger partial charge on any atom is -0.367 e. The lowest BCUT2D eigenvalue weighted by Crippen LogP contribution is -2.65. The Morgan fingerprint density at radius 3 is 2.93 bits per heavy atom. The van der Waals surface area contributed by atoms with E-state index < -0.39 is 0 Å². The molecular weight excluding hydrogens is 411 g/mol. The molecule has 3 N–H and O–H groups in total. The normalized spacial score (nSPS) is 21.8. The predicted molar refractivity (Wildman–Crippen MR) is 116 cm³/mol. The summed E-state index contributed by atoms with van der Waals surface area (Å²) in [6.07, 6.45) is 4.47. The Hall–Kier alpha value is -2.06. The van der Waals surface area contributed by atoms with Crippen molar-refractivity contribution in [2.24, 2.45) is 5.41 Å². The maximum Gasteiger partial charge on any atom is 0.167 e. The van der Waals surface area contributed by atoms with E-state index in [1.165, 1.54) is 29.6 Å². The molecule has 9 heteroatoms. The summed E-state index contributed by atoms with van der Waals surface area (Å²) in [7, 11) is 0. The summed E-state index contributed by atoms with van der Waals surface area (Å²) in [6, 6.07) is 1.68. The molecule has 0 aromatic carbocycles. The van der Waals surface area contributed by atoms with E-state index in [4.69, 9.17) is 17.0 Å². The van der Waals surface area contributed by atoms with Crippen LogP contribution in [0.5, 0.6) is 0 Å². The quantitative estimate of drug-likeness (QED) is 0.637. The van der Waals surface area contributed by atoms with E-state index in [1.807, 2.05) is 4.90 Å². The number of fused-ring (bicyclic) bond motifs is 1. The Morgan fingerprint density at radius 2 is 2.24 bits per heavy atom. The smallest absolute Gasteiger partial charge is 0.167 e. The minimum atomic E-state index is -0.361. The van der Waals surface area contributed by atoms with Crippen LogP contribution in [0.25, 0.3) is 5.57 Å². The van der Waals surface area contributed by atoms with Crippen molar-refractivity contribution in [2.75, 3.05) is 23.3 Å². The summed E-state index contributed by atoms with van der Waals surface area (Å²) in [5, 5.41) is 20.4. The van der Waals surface area contributed by atoms with Crippen molar-refractivity contribution in [1.82, 2.24) is 15.2 Å². The van der Waals surface area contributed by atoms with Crippen molar-refractivity contribution in [1.29, 1.82) is 5.41 Å². The molecule has 4 heterocycles. The van der Waals surface area contributed by atoms with E-state index in [1.54, 1.807) is 0 Å². The average Bonchev–Trinajstić information content (AvgIpc) is 3.14. The van der Waals surface area contributed by atoms with Gasteiger partial charge in [-0.3, -0.25) is 10.5 Å². The molecule has 6 nitrogen and oxygen atoms in total. The molecule has 0 radical (unpaired) electrons. The molecule has 1 spiro atoms. The molecule has 2 aromatic heterocycles. The number of aromatic amines is 1. The number of allylic oxidation sites excluding steroid dienone is 1. The van der Waals surface area contributed by atoms with E-state index in [-0.39, 0.29) is 11.2 Å². The Labute approximate surface area is 177 Å². The molecule has 2 aliphatic heterocycles. The molecule has 0 atom stereocenters. The number of H-pyrrole nitrogens is 1. The molecule has 1 saturated heterocycles. The maximum atomic E-state index is 14.1. The largest absolute Gasteiger partial charge is 0.367 e. The third kappa shape index (κ3) is 3.04. The van der Waals surface area contributed by atoms with Crippen LogP contribution >= 0.6 is 23.4 Å². The van der Waals surface area contributed by atoms with Gasteiger partial charge in [0, 0.05) is 36.3 Å². The minimum absolute atomic E-state index is 0.234. The molecule has 152 valence electrons. The van der Waals surface area contributed by atoms with Gasteiger partial charge >= 0.3 is 0 Å². The first-order chi connectivity index (χ1) is 13.9. The van der Waals surface area contributed by atoms with Gasteiger partial charge in [0.15, 0.2) is 11.6 Å². The lowest BCUT2D eigenvalue weighted by Gasteiger charge is -2.59. The molecule has 1 saturated carbocycles. The SMILES string of the molecule is CC/C(C)=C1\C(=N)Sc2c1n[nH]c2NC1CC2(C1)CN(c1ncc(Cl)cc1F)C2. The highest BCUT2D eigenvalue weighted by Gasteiger charge is 2.53. The molecule has 5 rings (SSSR count). The van der Waals surface area contributed by atoms with Gasteiger partial charge in [0.25, 0.3) is 0 Å². The van der Waals surface area contributed by atoms with Gasteiger partial charge in [-0.15, -0.1) is 0 Å². The fraction of sp³-hybridized carbons (Fsp3) is 0.450. The summed E-state index contributed by atoms with van der Waals surface area (Å²) in [6.45, 7) is 5.81.